The predicted molar refractivity (Wildman–Crippen MR) is 96.5 cm³/mol. The van der Waals surface area contributed by atoms with E-state index in [9.17, 15) is 9.18 Å². The summed E-state index contributed by atoms with van der Waals surface area (Å²) in [4.78, 5) is 17.6. The summed E-state index contributed by atoms with van der Waals surface area (Å²) in [7, 11) is 0. The van der Waals surface area contributed by atoms with Gasteiger partial charge in [-0.25, -0.2) is 0 Å². The average molecular weight is 363 g/mol. The van der Waals surface area contributed by atoms with Crippen molar-refractivity contribution in [3.8, 4) is 5.75 Å². The number of halogens is 1. The molecule has 5 nitrogen and oxygen atoms in total. The van der Waals surface area contributed by atoms with E-state index < -0.39 is 5.95 Å². The van der Waals surface area contributed by atoms with E-state index in [1.807, 2.05) is 31.2 Å². The highest BCUT2D eigenvalue weighted by Crippen LogP contribution is 2.29. The van der Waals surface area contributed by atoms with E-state index in [1.165, 1.54) is 18.3 Å². The number of thiazole rings is 1. The largest absolute Gasteiger partial charge is 0.489 e. The normalized spacial score (nSPS) is 20.6. The molecule has 134 valence electrons. The van der Waals surface area contributed by atoms with Gasteiger partial charge in [0.1, 0.15) is 11.9 Å². The fourth-order valence-corrected chi connectivity index (χ4v) is 3.95. The zero-order valence-electron chi connectivity index (χ0n) is 14.6. The SMILES string of the molecule is CC(=O)Nc1nc(F)c(CN2CC(Oc3ccccc3C)CC2C)s1. The van der Waals surface area contributed by atoms with Crippen LogP contribution in [0.25, 0.3) is 0 Å². The van der Waals surface area contributed by atoms with E-state index in [2.05, 4.69) is 22.1 Å². The molecule has 0 aliphatic carbocycles. The predicted octanol–water partition coefficient (Wildman–Crippen LogP) is 3.59. The van der Waals surface area contributed by atoms with E-state index in [-0.39, 0.29) is 12.0 Å². The number of hydrogen-bond donors (Lipinski definition) is 1. The van der Waals surface area contributed by atoms with Crippen LogP contribution in [-0.4, -0.2) is 34.5 Å². The first-order valence-corrected chi connectivity index (χ1v) is 9.13. The molecule has 1 fully saturated rings. The highest BCUT2D eigenvalue weighted by molar-refractivity contribution is 7.15. The van der Waals surface area contributed by atoms with Gasteiger partial charge in [0.2, 0.25) is 11.9 Å². The summed E-state index contributed by atoms with van der Waals surface area (Å²) in [5.41, 5.74) is 1.11. The molecule has 1 aromatic carbocycles. The van der Waals surface area contributed by atoms with Crippen LogP contribution in [0, 0.1) is 12.9 Å². The lowest BCUT2D eigenvalue weighted by atomic mass is 10.2. The van der Waals surface area contributed by atoms with Crippen LogP contribution in [0.4, 0.5) is 9.52 Å². The maximum absolute atomic E-state index is 14.0. The average Bonchev–Trinajstić information content (AvgIpc) is 3.04. The molecule has 2 unspecified atom stereocenters. The number of benzene rings is 1. The Morgan fingerprint density at radius 2 is 2.24 bits per heavy atom. The summed E-state index contributed by atoms with van der Waals surface area (Å²) in [5.74, 6) is 0.143. The van der Waals surface area contributed by atoms with Crippen molar-refractivity contribution in [2.24, 2.45) is 0 Å². The first-order chi connectivity index (χ1) is 11.9. The zero-order valence-corrected chi connectivity index (χ0v) is 15.4. The molecule has 1 aromatic heterocycles. The number of nitrogens with one attached hydrogen (secondary N) is 1. The van der Waals surface area contributed by atoms with Crippen LogP contribution in [0.15, 0.2) is 24.3 Å². The minimum Gasteiger partial charge on any atom is -0.489 e. The van der Waals surface area contributed by atoms with Crippen molar-refractivity contribution in [1.29, 1.82) is 0 Å². The van der Waals surface area contributed by atoms with E-state index >= 15 is 0 Å². The van der Waals surface area contributed by atoms with Gasteiger partial charge in [0, 0.05) is 32.5 Å². The molecular formula is C18H22FN3O2S. The van der Waals surface area contributed by atoms with Crippen LogP contribution >= 0.6 is 11.3 Å². The number of aromatic nitrogens is 1. The molecule has 0 saturated carbocycles. The quantitative estimate of drug-likeness (QED) is 0.882. The summed E-state index contributed by atoms with van der Waals surface area (Å²) >= 11 is 1.18. The van der Waals surface area contributed by atoms with E-state index in [4.69, 9.17) is 4.74 Å². The second kappa shape index (κ2) is 7.49. The molecule has 1 aliphatic rings. The molecule has 25 heavy (non-hydrogen) atoms. The van der Waals surface area contributed by atoms with Gasteiger partial charge in [0.05, 0.1) is 4.88 Å². The third-order valence-electron chi connectivity index (χ3n) is 4.33. The van der Waals surface area contributed by atoms with E-state index in [0.29, 0.717) is 22.6 Å². The van der Waals surface area contributed by atoms with Crippen LogP contribution in [-0.2, 0) is 11.3 Å². The van der Waals surface area contributed by atoms with Gasteiger partial charge in [-0.1, -0.05) is 29.5 Å². The Labute approximate surface area is 150 Å². The van der Waals surface area contributed by atoms with Gasteiger partial charge in [0.15, 0.2) is 5.13 Å². The summed E-state index contributed by atoms with van der Waals surface area (Å²) in [6.07, 6.45) is 0.981. The molecule has 1 saturated heterocycles. The minimum atomic E-state index is -0.510. The molecule has 0 bridgehead atoms. The zero-order chi connectivity index (χ0) is 18.0. The van der Waals surface area contributed by atoms with Crippen LogP contribution in [0.2, 0.25) is 0 Å². The number of para-hydroxylation sites is 1. The fourth-order valence-electron chi connectivity index (χ4n) is 3.04. The number of ether oxygens (including phenoxy) is 1. The monoisotopic (exact) mass is 363 g/mol. The molecule has 2 atom stereocenters. The molecular weight excluding hydrogens is 341 g/mol. The van der Waals surface area contributed by atoms with Crippen LogP contribution in [0.5, 0.6) is 5.75 Å². The number of carbonyl (C=O) groups excluding carboxylic acids is 1. The summed E-state index contributed by atoms with van der Waals surface area (Å²) < 4.78 is 20.2. The maximum atomic E-state index is 14.0. The first-order valence-electron chi connectivity index (χ1n) is 8.31. The van der Waals surface area contributed by atoms with Crippen molar-refractivity contribution < 1.29 is 13.9 Å². The van der Waals surface area contributed by atoms with Crippen LogP contribution < -0.4 is 10.1 Å². The highest BCUT2D eigenvalue weighted by atomic mass is 32.1. The van der Waals surface area contributed by atoms with Crippen molar-refractivity contribution in [2.45, 2.75) is 45.9 Å². The Hall–Kier alpha value is -1.99. The molecule has 1 N–H and O–H groups in total. The van der Waals surface area contributed by atoms with Crippen molar-refractivity contribution in [3.05, 3.63) is 40.7 Å². The van der Waals surface area contributed by atoms with E-state index in [0.717, 1.165) is 24.3 Å². The Balaban J connectivity index is 1.63. The number of aryl methyl sites for hydroxylation is 1. The van der Waals surface area contributed by atoms with Gasteiger partial charge in [-0.15, -0.1) is 0 Å². The van der Waals surface area contributed by atoms with Gasteiger partial charge in [-0.05, 0) is 25.5 Å². The lowest BCUT2D eigenvalue weighted by Gasteiger charge is -2.19. The number of anilines is 1. The molecule has 0 radical (unpaired) electrons. The first kappa shape index (κ1) is 17.8. The van der Waals surface area contributed by atoms with E-state index in [1.54, 1.807) is 0 Å². The molecule has 1 aliphatic heterocycles. The van der Waals surface area contributed by atoms with Crippen molar-refractivity contribution in [3.63, 3.8) is 0 Å². The number of nitrogens with zero attached hydrogens (tertiary/aromatic N) is 2. The molecule has 2 heterocycles. The maximum Gasteiger partial charge on any atom is 0.230 e. The second-order valence-electron chi connectivity index (χ2n) is 6.43. The van der Waals surface area contributed by atoms with Gasteiger partial charge < -0.3 is 10.1 Å². The molecule has 7 heteroatoms. The van der Waals surface area contributed by atoms with Crippen molar-refractivity contribution >= 4 is 22.4 Å². The topological polar surface area (TPSA) is 54.5 Å². The Kier molecular flexibility index (Phi) is 5.34. The highest BCUT2D eigenvalue weighted by Gasteiger charge is 2.31. The van der Waals surface area contributed by atoms with Crippen molar-refractivity contribution in [2.75, 3.05) is 11.9 Å². The smallest absolute Gasteiger partial charge is 0.230 e. The third kappa shape index (κ3) is 4.35. The molecule has 1 amide bonds. The second-order valence-corrected chi connectivity index (χ2v) is 7.52. The third-order valence-corrected chi connectivity index (χ3v) is 5.26. The van der Waals surface area contributed by atoms with Gasteiger partial charge in [-0.2, -0.15) is 9.37 Å². The van der Waals surface area contributed by atoms with Gasteiger partial charge in [-0.3, -0.25) is 9.69 Å². The number of rotatable bonds is 5. The number of hydrogen-bond acceptors (Lipinski definition) is 5. The molecule has 2 aromatic rings. The molecule has 0 spiro atoms. The van der Waals surface area contributed by atoms with Gasteiger partial charge in [0.25, 0.3) is 0 Å². The lowest BCUT2D eigenvalue weighted by molar-refractivity contribution is -0.114. The Bertz CT molecular complexity index is 765. The summed E-state index contributed by atoms with van der Waals surface area (Å²) in [6, 6.07) is 8.26. The number of amides is 1. The minimum absolute atomic E-state index is 0.0851. The fraction of sp³-hybridized carbons (Fsp3) is 0.444. The molecule has 3 rings (SSSR count). The number of carbonyl (C=O) groups is 1. The Morgan fingerprint density at radius 3 is 2.96 bits per heavy atom. The lowest BCUT2D eigenvalue weighted by Crippen LogP contribution is -2.28. The van der Waals surface area contributed by atoms with Crippen LogP contribution in [0.1, 0.15) is 30.7 Å². The standard InChI is InChI=1S/C18H22FN3O2S/c1-11-6-4-5-7-15(11)24-14-8-12(2)22(9-14)10-16-17(19)21-18(25-16)20-13(3)23/h4-7,12,14H,8-10H2,1-3H3,(H,20,21,23). The summed E-state index contributed by atoms with van der Waals surface area (Å²) in [5, 5.41) is 2.84. The van der Waals surface area contributed by atoms with Crippen molar-refractivity contribution in [1.82, 2.24) is 9.88 Å². The summed E-state index contributed by atoms with van der Waals surface area (Å²) in [6.45, 7) is 6.74. The number of likely N-dealkylation sites (tertiary alicyclic amines) is 1. The van der Waals surface area contributed by atoms with Gasteiger partial charge >= 0.3 is 0 Å². The van der Waals surface area contributed by atoms with Crippen LogP contribution in [0.3, 0.4) is 0 Å². The Morgan fingerprint density at radius 1 is 1.48 bits per heavy atom.